The monoisotopic (exact) mass is 311 g/mol. The van der Waals surface area contributed by atoms with Crippen molar-refractivity contribution in [3.63, 3.8) is 0 Å². The van der Waals surface area contributed by atoms with E-state index in [9.17, 15) is 22.4 Å². The summed E-state index contributed by atoms with van der Waals surface area (Å²) in [5.74, 6) is -3.99. The lowest BCUT2D eigenvalue weighted by Gasteiger charge is -2.38. The maximum absolute atomic E-state index is 13.0. The molecule has 0 aliphatic carbocycles. The smallest absolute Gasteiger partial charge is 0.319 e. The minimum atomic E-state index is -3.99. The fraction of sp³-hybridized carbons (Fsp3) is 0.923. The van der Waals surface area contributed by atoms with Crippen molar-refractivity contribution in [2.45, 2.75) is 25.2 Å². The Labute approximate surface area is 121 Å². The van der Waals surface area contributed by atoms with Gasteiger partial charge in [-0.25, -0.2) is 8.78 Å². The van der Waals surface area contributed by atoms with Crippen LogP contribution >= 0.6 is 0 Å². The topological polar surface area (TPSA) is 35.6 Å². The van der Waals surface area contributed by atoms with Crippen molar-refractivity contribution in [1.82, 2.24) is 15.1 Å². The van der Waals surface area contributed by atoms with Gasteiger partial charge in [-0.15, -0.1) is 0 Å². The highest BCUT2D eigenvalue weighted by Crippen LogP contribution is 2.24. The van der Waals surface area contributed by atoms with Crippen LogP contribution in [0.2, 0.25) is 0 Å². The van der Waals surface area contributed by atoms with E-state index < -0.39 is 18.9 Å². The van der Waals surface area contributed by atoms with E-state index in [4.69, 9.17) is 0 Å². The number of piperazine rings is 1. The van der Waals surface area contributed by atoms with Gasteiger partial charge in [-0.05, 0) is 19.4 Å². The summed E-state index contributed by atoms with van der Waals surface area (Å²) < 4.78 is 50.3. The van der Waals surface area contributed by atoms with Crippen LogP contribution in [0.1, 0.15) is 12.8 Å². The third-order valence-corrected chi connectivity index (χ3v) is 4.08. The van der Waals surface area contributed by atoms with Gasteiger partial charge in [0.2, 0.25) is 5.91 Å². The third-order valence-electron chi connectivity index (χ3n) is 4.08. The molecule has 1 N–H and O–H groups in total. The molecule has 0 saturated carbocycles. The number of halogens is 4. The molecule has 1 unspecified atom stereocenters. The molecule has 2 rings (SSSR count). The molecule has 21 heavy (non-hydrogen) atoms. The maximum Gasteiger partial charge on any atom is 0.319 e. The Hall–Kier alpha value is -0.890. The first-order valence-corrected chi connectivity index (χ1v) is 7.28. The summed E-state index contributed by atoms with van der Waals surface area (Å²) in [4.78, 5) is 15.2. The van der Waals surface area contributed by atoms with E-state index in [0.717, 1.165) is 19.4 Å². The number of rotatable bonds is 4. The van der Waals surface area contributed by atoms with Gasteiger partial charge in [0.15, 0.2) is 0 Å². The van der Waals surface area contributed by atoms with E-state index in [1.54, 1.807) is 4.90 Å². The quantitative estimate of drug-likeness (QED) is 0.788. The van der Waals surface area contributed by atoms with Crippen LogP contribution in [0.5, 0.6) is 0 Å². The zero-order valence-electron chi connectivity index (χ0n) is 11.8. The highest BCUT2D eigenvalue weighted by atomic mass is 19.3. The number of hydrogen-bond acceptors (Lipinski definition) is 3. The van der Waals surface area contributed by atoms with Crippen molar-refractivity contribution in [3.8, 4) is 0 Å². The first-order chi connectivity index (χ1) is 9.90. The number of hydrogen-bond donors (Lipinski definition) is 1. The van der Waals surface area contributed by atoms with Gasteiger partial charge in [0, 0.05) is 32.7 Å². The van der Waals surface area contributed by atoms with Crippen LogP contribution in [0, 0.1) is 5.92 Å². The molecule has 2 aliphatic rings. The fourth-order valence-corrected chi connectivity index (χ4v) is 2.81. The van der Waals surface area contributed by atoms with Gasteiger partial charge in [-0.1, -0.05) is 0 Å². The van der Waals surface area contributed by atoms with Crippen molar-refractivity contribution < 1.29 is 22.4 Å². The minimum absolute atomic E-state index is 0.0440. The second-order valence-electron chi connectivity index (χ2n) is 5.71. The second-order valence-corrected chi connectivity index (χ2v) is 5.71. The first kappa shape index (κ1) is 16.5. The summed E-state index contributed by atoms with van der Waals surface area (Å²) in [5, 5.41) is 3.17. The van der Waals surface area contributed by atoms with Gasteiger partial charge in [-0.2, -0.15) is 8.78 Å². The Bertz CT molecular complexity index is 353. The molecule has 2 heterocycles. The van der Waals surface area contributed by atoms with Gasteiger partial charge >= 0.3 is 12.3 Å². The number of amides is 1. The van der Waals surface area contributed by atoms with Crippen molar-refractivity contribution >= 4 is 5.91 Å². The molecule has 2 fully saturated rings. The standard InChI is InChI=1S/C13H21F4N3O/c14-12(15)13(16,17)9-19-4-6-20(7-5-19)11(21)10-2-1-3-18-8-10/h10,12,18H,1-9H2. The van der Waals surface area contributed by atoms with E-state index in [1.165, 1.54) is 4.90 Å². The molecule has 1 amide bonds. The maximum atomic E-state index is 13.0. The van der Waals surface area contributed by atoms with E-state index in [0.29, 0.717) is 19.6 Å². The largest absolute Gasteiger partial charge is 0.340 e. The number of carbonyl (C=O) groups is 1. The van der Waals surface area contributed by atoms with E-state index in [2.05, 4.69) is 5.32 Å². The van der Waals surface area contributed by atoms with Gasteiger partial charge < -0.3 is 10.2 Å². The molecular weight excluding hydrogens is 290 g/mol. The number of nitrogens with zero attached hydrogens (tertiary/aromatic N) is 2. The van der Waals surface area contributed by atoms with Crippen LogP contribution < -0.4 is 5.32 Å². The number of nitrogens with one attached hydrogen (secondary N) is 1. The summed E-state index contributed by atoms with van der Waals surface area (Å²) in [5.41, 5.74) is 0. The summed E-state index contributed by atoms with van der Waals surface area (Å²) in [7, 11) is 0. The van der Waals surface area contributed by atoms with Gasteiger partial charge in [-0.3, -0.25) is 9.69 Å². The molecule has 2 aliphatic heterocycles. The second kappa shape index (κ2) is 6.91. The Morgan fingerprint density at radius 1 is 1.24 bits per heavy atom. The predicted molar refractivity (Wildman–Crippen MR) is 69.6 cm³/mol. The van der Waals surface area contributed by atoms with Gasteiger partial charge in [0.05, 0.1) is 12.5 Å². The third kappa shape index (κ3) is 4.29. The van der Waals surface area contributed by atoms with E-state index in [-0.39, 0.29) is 24.9 Å². The molecule has 0 spiro atoms. The number of carbonyl (C=O) groups excluding carboxylic acids is 1. The molecular formula is C13H21F4N3O. The Balaban J connectivity index is 1.78. The lowest BCUT2D eigenvalue weighted by atomic mass is 9.98. The molecule has 0 aromatic rings. The van der Waals surface area contributed by atoms with Crippen molar-refractivity contribution in [3.05, 3.63) is 0 Å². The molecule has 2 saturated heterocycles. The first-order valence-electron chi connectivity index (χ1n) is 7.28. The summed E-state index contributed by atoms with van der Waals surface area (Å²) >= 11 is 0. The molecule has 8 heteroatoms. The van der Waals surface area contributed by atoms with Crippen molar-refractivity contribution in [2.75, 3.05) is 45.8 Å². The lowest BCUT2D eigenvalue weighted by Crippen LogP contribution is -2.54. The molecule has 1 atom stereocenters. The Morgan fingerprint density at radius 2 is 1.90 bits per heavy atom. The number of piperidine rings is 1. The number of alkyl halides is 4. The molecule has 4 nitrogen and oxygen atoms in total. The van der Waals surface area contributed by atoms with Crippen molar-refractivity contribution in [1.29, 1.82) is 0 Å². The zero-order valence-corrected chi connectivity index (χ0v) is 11.8. The molecule has 122 valence electrons. The fourth-order valence-electron chi connectivity index (χ4n) is 2.81. The summed E-state index contributed by atoms with van der Waals surface area (Å²) in [6, 6.07) is 0. The minimum Gasteiger partial charge on any atom is -0.340 e. The molecule has 0 aromatic carbocycles. The Kier molecular flexibility index (Phi) is 5.43. The molecule has 0 radical (unpaired) electrons. The van der Waals surface area contributed by atoms with Crippen LogP contribution in [-0.4, -0.2) is 73.9 Å². The summed E-state index contributed by atoms with van der Waals surface area (Å²) in [6.07, 6.45) is -1.85. The highest BCUT2D eigenvalue weighted by molar-refractivity contribution is 5.79. The van der Waals surface area contributed by atoms with Crippen LogP contribution in [0.3, 0.4) is 0 Å². The highest BCUT2D eigenvalue weighted by Gasteiger charge is 2.43. The predicted octanol–water partition coefficient (Wildman–Crippen LogP) is 1.03. The van der Waals surface area contributed by atoms with Crippen LogP contribution in [0.15, 0.2) is 0 Å². The normalized spacial score (nSPS) is 25.4. The van der Waals surface area contributed by atoms with Crippen molar-refractivity contribution in [2.24, 2.45) is 5.92 Å². The SMILES string of the molecule is O=C(C1CCCNC1)N1CCN(CC(F)(F)C(F)F)CC1. The van der Waals surface area contributed by atoms with Gasteiger partial charge in [0.1, 0.15) is 0 Å². The van der Waals surface area contributed by atoms with Gasteiger partial charge in [0.25, 0.3) is 0 Å². The van der Waals surface area contributed by atoms with Crippen LogP contribution in [0.4, 0.5) is 17.6 Å². The Morgan fingerprint density at radius 3 is 2.43 bits per heavy atom. The average Bonchev–Trinajstić information content (AvgIpc) is 2.48. The van der Waals surface area contributed by atoms with Crippen LogP contribution in [-0.2, 0) is 4.79 Å². The zero-order chi connectivity index (χ0) is 15.5. The van der Waals surface area contributed by atoms with E-state index >= 15 is 0 Å². The average molecular weight is 311 g/mol. The van der Waals surface area contributed by atoms with E-state index in [1.807, 2.05) is 0 Å². The molecule has 0 aromatic heterocycles. The van der Waals surface area contributed by atoms with Crippen LogP contribution in [0.25, 0.3) is 0 Å². The lowest BCUT2D eigenvalue weighted by molar-refractivity contribution is -0.149. The molecule has 0 bridgehead atoms. The summed E-state index contributed by atoms with van der Waals surface area (Å²) in [6.45, 7) is 1.71.